The van der Waals surface area contributed by atoms with E-state index in [2.05, 4.69) is 5.32 Å². The number of rotatable bonds is 4. The molecule has 0 saturated carbocycles. The molecule has 1 aromatic carbocycles. The van der Waals surface area contributed by atoms with Gasteiger partial charge in [-0.1, -0.05) is 12.1 Å². The molecule has 3 rings (SSSR count). The minimum absolute atomic E-state index is 0.194. The van der Waals surface area contributed by atoms with Crippen molar-refractivity contribution in [3.63, 3.8) is 0 Å². The number of furan rings is 1. The third-order valence-corrected chi connectivity index (χ3v) is 4.17. The molecule has 2 atom stereocenters. The molecule has 0 radical (unpaired) electrons. The Morgan fingerprint density at radius 3 is 2.84 bits per heavy atom. The molecule has 0 unspecified atom stereocenters. The molecule has 6 nitrogen and oxygen atoms in total. The van der Waals surface area contributed by atoms with Crippen LogP contribution < -0.4 is 5.32 Å². The van der Waals surface area contributed by atoms with Crippen LogP contribution in [-0.4, -0.2) is 36.5 Å². The minimum atomic E-state index is -0.930. The van der Waals surface area contributed by atoms with Gasteiger partial charge in [-0.25, -0.2) is 4.39 Å². The highest BCUT2D eigenvalue weighted by molar-refractivity contribution is 5.86. The second kappa shape index (κ2) is 7.06. The Hall–Kier alpha value is -2.67. The fraction of sp³-hybridized carbons (Fsp3) is 0.333. The maximum Gasteiger partial charge on any atom is 0.252 e. The highest BCUT2D eigenvalue weighted by atomic mass is 19.1. The zero-order chi connectivity index (χ0) is 18.0. The van der Waals surface area contributed by atoms with Crippen LogP contribution >= 0.6 is 0 Å². The summed E-state index contributed by atoms with van der Waals surface area (Å²) in [5.41, 5.74) is 0.504. The lowest BCUT2D eigenvalue weighted by atomic mass is 9.97. The molecule has 1 fully saturated rings. The van der Waals surface area contributed by atoms with E-state index in [1.807, 2.05) is 6.92 Å². The number of morpholine rings is 1. The van der Waals surface area contributed by atoms with Crippen molar-refractivity contribution in [1.82, 2.24) is 10.2 Å². The third kappa shape index (κ3) is 3.71. The van der Waals surface area contributed by atoms with E-state index in [1.165, 1.54) is 23.1 Å². The molecule has 2 aromatic rings. The first kappa shape index (κ1) is 17.2. The van der Waals surface area contributed by atoms with Gasteiger partial charge < -0.3 is 19.4 Å². The molecule has 1 aliphatic rings. The summed E-state index contributed by atoms with van der Waals surface area (Å²) in [5.74, 6) is 0.284. The van der Waals surface area contributed by atoms with Gasteiger partial charge in [-0.05, 0) is 36.8 Å². The van der Waals surface area contributed by atoms with Crippen molar-refractivity contribution in [3.8, 4) is 0 Å². The number of nitrogens with one attached hydrogen (secondary N) is 1. The van der Waals surface area contributed by atoms with Crippen molar-refractivity contribution in [2.45, 2.75) is 25.6 Å². The Morgan fingerprint density at radius 1 is 1.36 bits per heavy atom. The van der Waals surface area contributed by atoms with Crippen molar-refractivity contribution < 1.29 is 23.1 Å². The van der Waals surface area contributed by atoms with Crippen LogP contribution in [0.4, 0.5) is 4.39 Å². The lowest BCUT2D eigenvalue weighted by Gasteiger charge is -2.38. The van der Waals surface area contributed by atoms with Gasteiger partial charge in [0, 0.05) is 7.05 Å². The number of aryl methyl sites for hydroxylation is 1. The van der Waals surface area contributed by atoms with Crippen LogP contribution in [0.25, 0.3) is 0 Å². The van der Waals surface area contributed by atoms with E-state index >= 15 is 0 Å². The van der Waals surface area contributed by atoms with Gasteiger partial charge in [0.1, 0.15) is 23.9 Å². The van der Waals surface area contributed by atoms with Crippen LogP contribution in [0.2, 0.25) is 0 Å². The quantitative estimate of drug-likeness (QED) is 0.918. The number of carbonyl (C=O) groups is 2. The van der Waals surface area contributed by atoms with Crippen molar-refractivity contribution in [2.24, 2.45) is 0 Å². The monoisotopic (exact) mass is 346 g/mol. The van der Waals surface area contributed by atoms with Gasteiger partial charge in [-0.3, -0.25) is 9.59 Å². The molecule has 0 spiro atoms. The summed E-state index contributed by atoms with van der Waals surface area (Å²) in [5, 5.41) is 2.74. The van der Waals surface area contributed by atoms with Crippen LogP contribution in [0.5, 0.6) is 0 Å². The molecule has 1 N–H and O–H groups in total. The van der Waals surface area contributed by atoms with Crippen LogP contribution in [0, 0.1) is 12.7 Å². The molecule has 7 heteroatoms. The molecule has 1 saturated heterocycles. The fourth-order valence-electron chi connectivity index (χ4n) is 2.88. The van der Waals surface area contributed by atoms with Crippen molar-refractivity contribution >= 4 is 11.8 Å². The second-order valence-corrected chi connectivity index (χ2v) is 5.97. The van der Waals surface area contributed by atoms with Gasteiger partial charge in [0.05, 0.1) is 12.6 Å². The fourth-order valence-corrected chi connectivity index (χ4v) is 2.88. The highest BCUT2D eigenvalue weighted by Gasteiger charge is 2.40. The van der Waals surface area contributed by atoms with Gasteiger partial charge in [0.25, 0.3) is 5.91 Å². The number of halogens is 1. The molecule has 2 amide bonds. The van der Waals surface area contributed by atoms with E-state index in [0.29, 0.717) is 11.3 Å². The normalized spacial score (nSPS) is 20.6. The zero-order valence-electron chi connectivity index (χ0n) is 14.0. The summed E-state index contributed by atoms with van der Waals surface area (Å²) < 4.78 is 24.5. The Balaban J connectivity index is 1.79. The zero-order valence-corrected chi connectivity index (χ0v) is 14.0. The van der Waals surface area contributed by atoms with Gasteiger partial charge in [-0.2, -0.15) is 0 Å². The molecule has 1 aliphatic heterocycles. The molecule has 25 heavy (non-hydrogen) atoms. The predicted molar refractivity (Wildman–Crippen MR) is 86.9 cm³/mol. The van der Waals surface area contributed by atoms with Crippen molar-refractivity contribution in [1.29, 1.82) is 0 Å². The SMILES string of the molecule is Cc1ccc(CNC(=O)[C@H]2OCC(=O)N(C)[C@@H]2c2cccc(F)c2)o1. The smallest absolute Gasteiger partial charge is 0.252 e. The summed E-state index contributed by atoms with van der Waals surface area (Å²) in [6.07, 6.45) is -0.930. The summed E-state index contributed by atoms with van der Waals surface area (Å²) >= 11 is 0. The summed E-state index contributed by atoms with van der Waals surface area (Å²) in [4.78, 5) is 26.0. The van der Waals surface area contributed by atoms with Gasteiger partial charge in [0.2, 0.25) is 5.91 Å². The van der Waals surface area contributed by atoms with E-state index in [0.717, 1.165) is 5.76 Å². The molecular weight excluding hydrogens is 327 g/mol. The second-order valence-electron chi connectivity index (χ2n) is 5.97. The number of amides is 2. The number of hydrogen-bond donors (Lipinski definition) is 1. The van der Waals surface area contributed by atoms with Gasteiger partial charge >= 0.3 is 0 Å². The Morgan fingerprint density at radius 2 is 2.16 bits per heavy atom. The first-order valence-corrected chi connectivity index (χ1v) is 7.91. The maximum atomic E-state index is 13.6. The topological polar surface area (TPSA) is 71.8 Å². The first-order chi connectivity index (χ1) is 12.0. The molecule has 0 bridgehead atoms. The van der Waals surface area contributed by atoms with Crippen molar-refractivity contribution in [3.05, 3.63) is 59.3 Å². The highest BCUT2D eigenvalue weighted by Crippen LogP contribution is 2.29. The third-order valence-electron chi connectivity index (χ3n) is 4.17. The van der Waals surface area contributed by atoms with E-state index < -0.39 is 18.0 Å². The summed E-state index contributed by atoms with van der Waals surface area (Å²) in [6, 6.07) is 8.70. The first-order valence-electron chi connectivity index (χ1n) is 7.91. The lowest BCUT2D eigenvalue weighted by molar-refractivity contribution is -0.162. The number of ether oxygens (including phenoxy) is 1. The lowest BCUT2D eigenvalue weighted by Crippen LogP contribution is -2.52. The van der Waals surface area contributed by atoms with E-state index in [1.54, 1.807) is 25.2 Å². The molecular formula is C18H19FN2O4. The Bertz CT molecular complexity index is 789. The number of nitrogens with zero attached hydrogens (tertiary/aromatic N) is 1. The number of likely N-dealkylation sites (N-methyl/N-ethyl adjacent to an activating group) is 1. The predicted octanol–water partition coefficient (Wildman–Crippen LogP) is 1.94. The van der Waals surface area contributed by atoms with Crippen molar-refractivity contribution in [2.75, 3.05) is 13.7 Å². The van der Waals surface area contributed by atoms with Gasteiger partial charge in [-0.15, -0.1) is 0 Å². The van der Waals surface area contributed by atoms with Crippen LogP contribution in [-0.2, 0) is 20.9 Å². The van der Waals surface area contributed by atoms with Crippen LogP contribution in [0.15, 0.2) is 40.8 Å². The Labute approximate surface area is 144 Å². The minimum Gasteiger partial charge on any atom is -0.465 e. The number of hydrogen-bond acceptors (Lipinski definition) is 4. The molecule has 2 heterocycles. The summed E-state index contributed by atoms with van der Waals surface area (Å²) in [7, 11) is 1.58. The average Bonchev–Trinajstić information content (AvgIpc) is 3.00. The largest absolute Gasteiger partial charge is 0.465 e. The number of carbonyl (C=O) groups excluding carboxylic acids is 2. The average molecular weight is 346 g/mol. The standard InChI is InChI=1S/C18H19FN2O4/c1-11-6-7-14(25-11)9-20-18(23)17-16(21(2)15(22)10-24-17)12-4-3-5-13(19)8-12/h3-8,16-17H,9-10H2,1-2H3,(H,20,23)/t16-,17+/m1/s1. The van der Waals surface area contributed by atoms with E-state index in [9.17, 15) is 14.0 Å². The van der Waals surface area contributed by atoms with E-state index in [-0.39, 0.29) is 25.0 Å². The summed E-state index contributed by atoms with van der Waals surface area (Å²) in [6.45, 7) is 1.83. The molecule has 1 aromatic heterocycles. The van der Waals surface area contributed by atoms with Crippen LogP contribution in [0.1, 0.15) is 23.1 Å². The van der Waals surface area contributed by atoms with Crippen LogP contribution in [0.3, 0.4) is 0 Å². The maximum absolute atomic E-state index is 13.6. The molecule has 0 aliphatic carbocycles. The number of benzene rings is 1. The van der Waals surface area contributed by atoms with Gasteiger partial charge in [0.15, 0.2) is 6.10 Å². The molecule has 132 valence electrons. The van der Waals surface area contributed by atoms with E-state index in [4.69, 9.17) is 9.15 Å². The Kier molecular flexibility index (Phi) is 4.85.